The van der Waals surface area contributed by atoms with Crippen molar-refractivity contribution in [3.05, 3.63) is 58.1 Å². The third-order valence-corrected chi connectivity index (χ3v) is 7.50. The molecule has 7 nitrogen and oxygen atoms in total. The van der Waals surface area contributed by atoms with Gasteiger partial charge in [0.1, 0.15) is 12.4 Å². The van der Waals surface area contributed by atoms with E-state index in [9.17, 15) is 13.2 Å². The fourth-order valence-electron chi connectivity index (χ4n) is 3.30. The van der Waals surface area contributed by atoms with Crippen LogP contribution in [0.5, 0.6) is 5.75 Å². The summed E-state index contributed by atoms with van der Waals surface area (Å²) in [6.07, 6.45) is 0. The number of nitrogens with zero attached hydrogens (tertiary/aromatic N) is 2. The van der Waals surface area contributed by atoms with Gasteiger partial charge in [0.15, 0.2) is 0 Å². The number of hydrogen-bond acceptors (Lipinski definition) is 5. The number of hydrogen-bond donors (Lipinski definition) is 1. The second-order valence-corrected chi connectivity index (χ2v) is 10.1. The predicted molar refractivity (Wildman–Crippen MR) is 121 cm³/mol. The maximum atomic E-state index is 13.0. The van der Waals surface area contributed by atoms with Gasteiger partial charge < -0.3 is 15.0 Å². The molecule has 0 radical (unpaired) electrons. The highest BCUT2D eigenvalue weighted by Gasteiger charge is 2.28. The smallest absolute Gasteiger partial charge is 0.252 e. The summed E-state index contributed by atoms with van der Waals surface area (Å²) in [6, 6.07) is 10.2. The van der Waals surface area contributed by atoms with E-state index in [1.165, 1.54) is 22.5 Å². The normalized spacial score (nSPS) is 15.6. The van der Waals surface area contributed by atoms with Crippen LogP contribution in [0.25, 0.3) is 0 Å². The summed E-state index contributed by atoms with van der Waals surface area (Å²) in [5.74, 6) is 0.331. The van der Waals surface area contributed by atoms with Crippen LogP contribution >= 0.6 is 11.6 Å². The maximum Gasteiger partial charge on any atom is 0.252 e. The van der Waals surface area contributed by atoms with E-state index in [1.54, 1.807) is 0 Å². The van der Waals surface area contributed by atoms with Crippen molar-refractivity contribution < 1.29 is 17.9 Å². The molecular weight excluding hydrogens is 438 g/mol. The van der Waals surface area contributed by atoms with Crippen LogP contribution in [0.4, 0.5) is 0 Å². The van der Waals surface area contributed by atoms with Crippen LogP contribution in [0.15, 0.2) is 41.3 Å². The largest absolute Gasteiger partial charge is 0.491 e. The van der Waals surface area contributed by atoms with Crippen molar-refractivity contribution >= 4 is 27.5 Å². The Hall–Kier alpha value is -2.13. The summed E-state index contributed by atoms with van der Waals surface area (Å²) in [5.41, 5.74) is 2.24. The molecule has 1 fully saturated rings. The number of rotatable bonds is 7. The molecule has 1 aliphatic heterocycles. The van der Waals surface area contributed by atoms with Crippen LogP contribution in [0.3, 0.4) is 0 Å². The minimum Gasteiger partial charge on any atom is -0.491 e. The summed E-state index contributed by atoms with van der Waals surface area (Å²) < 4.78 is 33.1. The number of benzene rings is 2. The van der Waals surface area contributed by atoms with Gasteiger partial charge in [0.25, 0.3) is 5.91 Å². The molecule has 0 atom stereocenters. The Morgan fingerprint density at radius 3 is 2.52 bits per heavy atom. The Kier molecular flexibility index (Phi) is 7.59. The van der Waals surface area contributed by atoms with E-state index in [4.69, 9.17) is 16.3 Å². The van der Waals surface area contributed by atoms with E-state index in [2.05, 4.69) is 10.2 Å². The summed E-state index contributed by atoms with van der Waals surface area (Å²) in [7, 11) is -1.73. The van der Waals surface area contributed by atoms with Gasteiger partial charge in [0, 0.05) is 26.2 Å². The van der Waals surface area contributed by atoms with Gasteiger partial charge >= 0.3 is 0 Å². The lowest BCUT2D eigenvalue weighted by molar-refractivity contribution is 0.0947. The highest BCUT2D eigenvalue weighted by atomic mass is 35.5. The third-order valence-electron chi connectivity index (χ3n) is 5.27. The second kappa shape index (κ2) is 9.99. The minimum atomic E-state index is -3.68. The number of amides is 1. The molecule has 1 aliphatic rings. The Bertz CT molecular complexity index is 1050. The quantitative estimate of drug-likeness (QED) is 0.636. The van der Waals surface area contributed by atoms with E-state index in [-0.39, 0.29) is 28.6 Å². The van der Waals surface area contributed by atoms with Crippen LogP contribution in [-0.2, 0) is 10.0 Å². The molecule has 0 saturated carbocycles. The third kappa shape index (κ3) is 5.77. The fourth-order valence-corrected chi connectivity index (χ4v) is 4.95. The van der Waals surface area contributed by atoms with Gasteiger partial charge in [-0.05, 0) is 56.3 Å². The monoisotopic (exact) mass is 465 g/mol. The maximum absolute atomic E-state index is 13.0. The number of aryl methyl sites for hydroxylation is 2. The second-order valence-electron chi connectivity index (χ2n) is 7.72. The number of ether oxygens (including phenoxy) is 1. The van der Waals surface area contributed by atoms with Gasteiger partial charge in [-0.2, -0.15) is 4.31 Å². The van der Waals surface area contributed by atoms with E-state index >= 15 is 0 Å². The molecule has 1 saturated heterocycles. The van der Waals surface area contributed by atoms with Crippen LogP contribution in [0.1, 0.15) is 21.5 Å². The first-order valence-corrected chi connectivity index (χ1v) is 12.0. The van der Waals surface area contributed by atoms with E-state index in [0.29, 0.717) is 26.2 Å². The first-order valence-electron chi connectivity index (χ1n) is 10.1. The van der Waals surface area contributed by atoms with Crippen LogP contribution in [-0.4, -0.2) is 69.9 Å². The lowest BCUT2D eigenvalue weighted by atomic mass is 10.1. The zero-order chi connectivity index (χ0) is 22.6. The van der Waals surface area contributed by atoms with E-state index in [0.717, 1.165) is 16.9 Å². The molecule has 168 valence electrons. The average Bonchev–Trinajstić information content (AvgIpc) is 2.74. The van der Waals surface area contributed by atoms with Crippen molar-refractivity contribution in [3.8, 4) is 5.75 Å². The summed E-state index contributed by atoms with van der Waals surface area (Å²) >= 11 is 6.19. The molecule has 0 unspecified atom stereocenters. The Morgan fingerprint density at radius 2 is 1.81 bits per heavy atom. The molecule has 31 heavy (non-hydrogen) atoms. The van der Waals surface area contributed by atoms with Gasteiger partial charge in [-0.1, -0.05) is 23.7 Å². The van der Waals surface area contributed by atoms with Gasteiger partial charge in [-0.15, -0.1) is 0 Å². The van der Waals surface area contributed by atoms with Crippen molar-refractivity contribution in [2.24, 2.45) is 0 Å². The number of carbonyl (C=O) groups is 1. The van der Waals surface area contributed by atoms with Gasteiger partial charge in [0.05, 0.1) is 22.0 Å². The topological polar surface area (TPSA) is 78.9 Å². The van der Waals surface area contributed by atoms with Crippen molar-refractivity contribution in [3.63, 3.8) is 0 Å². The molecule has 0 bridgehead atoms. The fraction of sp³-hybridized carbons (Fsp3) is 0.409. The van der Waals surface area contributed by atoms with Crippen molar-refractivity contribution in [1.82, 2.24) is 14.5 Å². The first kappa shape index (κ1) is 23.5. The van der Waals surface area contributed by atoms with Crippen molar-refractivity contribution in [2.45, 2.75) is 18.7 Å². The molecule has 0 aliphatic carbocycles. The molecular formula is C22H28ClN3O4S. The lowest BCUT2D eigenvalue weighted by Crippen LogP contribution is -2.47. The van der Waals surface area contributed by atoms with Crippen molar-refractivity contribution in [2.75, 3.05) is 46.4 Å². The SMILES string of the molecule is Cc1ccc(C)c(OCCNC(=O)c2cc(S(=O)(=O)N3CCN(C)CC3)ccc2Cl)c1. The molecule has 1 heterocycles. The van der Waals surface area contributed by atoms with Crippen LogP contribution < -0.4 is 10.1 Å². The molecule has 2 aromatic rings. The molecule has 2 aromatic carbocycles. The highest BCUT2D eigenvalue weighted by Crippen LogP contribution is 2.24. The number of carbonyl (C=O) groups excluding carboxylic acids is 1. The van der Waals surface area contributed by atoms with Crippen molar-refractivity contribution in [1.29, 1.82) is 0 Å². The molecule has 0 aromatic heterocycles. The van der Waals surface area contributed by atoms with Gasteiger partial charge in [-0.3, -0.25) is 4.79 Å². The zero-order valence-electron chi connectivity index (χ0n) is 18.0. The lowest BCUT2D eigenvalue weighted by Gasteiger charge is -2.31. The summed E-state index contributed by atoms with van der Waals surface area (Å²) in [6.45, 7) is 6.65. The summed E-state index contributed by atoms with van der Waals surface area (Å²) in [4.78, 5) is 14.8. The number of likely N-dealkylation sites (N-methyl/N-ethyl adjacent to an activating group) is 1. The van der Waals surface area contributed by atoms with E-state index in [1.807, 2.05) is 39.1 Å². The van der Waals surface area contributed by atoms with Gasteiger partial charge in [0.2, 0.25) is 10.0 Å². The first-order chi connectivity index (χ1) is 14.7. The molecule has 1 amide bonds. The standard InChI is InChI=1S/C22H28ClN3O4S/c1-16-4-5-17(2)21(14-16)30-13-8-24-22(27)19-15-18(6-7-20(19)23)31(28,29)26-11-9-25(3)10-12-26/h4-7,14-15H,8-13H2,1-3H3,(H,24,27). The van der Waals surface area contributed by atoms with E-state index < -0.39 is 15.9 Å². The Morgan fingerprint density at radius 1 is 1.10 bits per heavy atom. The predicted octanol–water partition coefficient (Wildman–Crippen LogP) is 2.70. The number of sulfonamides is 1. The average molecular weight is 466 g/mol. The van der Waals surface area contributed by atoms with Crippen LogP contribution in [0, 0.1) is 13.8 Å². The molecule has 0 spiro atoms. The number of halogens is 1. The molecule has 3 rings (SSSR count). The zero-order valence-corrected chi connectivity index (χ0v) is 19.6. The number of nitrogens with one attached hydrogen (secondary N) is 1. The van der Waals surface area contributed by atoms with Crippen LogP contribution in [0.2, 0.25) is 5.02 Å². The Labute approximate surface area is 189 Å². The molecule has 1 N–H and O–H groups in total. The minimum absolute atomic E-state index is 0.0678. The highest BCUT2D eigenvalue weighted by molar-refractivity contribution is 7.89. The van der Waals surface area contributed by atoms with Gasteiger partial charge in [-0.25, -0.2) is 8.42 Å². The molecule has 9 heteroatoms. The summed E-state index contributed by atoms with van der Waals surface area (Å²) in [5, 5.41) is 2.94. The Balaban J connectivity index is 1.64. The number of piperazine rings is 1.